The molecular weight excluding hydrogens is 366 g/mol. The van der Waals surface area contributed by atoms with Crippen LogP contribution in [0.25, 0.3) is 6.08 Å². The average molecular weight is 380 g/mol. The van der Waals surface area contributed by atoms with Gasteiger partial charge in [-0.05, 0) is 46.1 Å². The number of hydrogen-bond donors (Lipinski definition) is 1. The van der Waals surface area contributed by atoms with Crippen LogP contribution in [0.4, 0.5) is 0 Å². The SMILES string of the molecule is COc1ccc(C=CC(=O)N2CCC=C(Br)C2=O)cc1C(=O)O. The molecule has 0 radical (unpaired) electrons. The van der Waals surface area contributed by atoms with Crippen molar-refractivity contribution in [2.45, 2.75) is 6.42 Å². The lowest BCUT2D eigenvalue weighted by molar-refractivity contribution is -0.139. The molecule has 0 aliphatic carbocycles. The molecule has 0 fully saturated rings. The van der Waals surface area contributed by atoms with Crippen molar-refractivity contribution in [2.24, 2.45) is 0 Å². The number of rotatable bonds is 4. The van der Waals surface area contributed by atoms with E-state index in [0.29, 0.717) is 23.0 Å². The predicted octanol–water partition coefficient (Wildman–Crippen LogP) is 2.44. The standard InChI is InChI=1S/C16H14BrNO5/c1-23-13-6-4-10(9-11(13)16(21)22)5-7-14(19)18-8-2-3-12(17)15(18)20/h3-7,9H,2,8H2,1H3,(H,21,22). The second kappa shape index (κ2) is 7.23. The van der Waals surface area contributed by atoms with Gasteiger partial charge in [-0.1, -0.05) is 12.1 Å². The first-order valence-corrected chi connectivity index (χ1v) is 7.54. The lowest BCUT2D eigenvalue weighted by Crippen LogP contribution is -2.38. The Kier molecular flexibility index (Phi) is 5.33. The third kappa shape index (κ3) is 3.87. The van der Waals surface area contributed by atoms with Crippen LogP contribution in [0.3, 0.4) is 0 Å². The van der Waals surface area contributed by atoms with Crippen LogP contribution in [0.2, 0.25) is 0 Å². The molecule has 1 aliphatic heterocycles. The molecule has 0 unspecified atom stereocenters. The minimum absolute atomic E-state index is 0.00169. The monoisotopic (exact) mass is 379 g/mol. The summed E-state index contributed by atoms with van der Waals surface area (Å²) in [4.78, 5) is 36.3. The zero-order valence-corrected chi connectivity index (χ0v) is 13.9. The van der Waals surface area contributed by atoms with Crippen molar-refractivity contribution >= 4 is 39.8 Å². The maximum atomic E-state index is 12.1. The van der Waals surface area contributed by atoms with Gasteiger partial charge in [0.15, 0.2) is 0 Å². The number of nitrogens with zero attached hydrogens (tertiary/aromatic N) is 1. The van der Waals surface area contributed by atoms with Crippen molar-refractivity contribution in [2.75, 3.05) is 13.7 Å². The summed E-state index contributed by atoms with van der Waals surface area (Å²) >= 11 is 3.11. The van der Waals surface area contributed by atoms with E-state index in [2.05, 4.69) is 15.9 Å². The molecule has 0 spiro atoms. The van der Waals surface area contributed by atoms with Gasteiger partial charge in [-0.25, -0.2) is 4.79 Å². The van der Waals surface area contributed by atoms with Crippen molar-refractivity contribution in [1.82, 2.24) is 4.90 Å². The molecule has 6 nitrogen and oxygen atoms in total. The molecule has 7 heteroatoms. The van der Waals surface area contributed by atoms with E-state index in [1.54, 1.807) is 12.1 Å². The number of ether oxygens (including phenoxy) is 1. The van der Waals surface area contributed by atoms with Crippen LogP contribution >= 0.6 is 15.9 Å². The fourth-order valence-electron chi connectivity index (χ4n) is 2.10. The highest BCUT2D eigenvalue weighted by atomic mass is 79.9. The molecule has 1 aromatic rings. The third-order valence-electron chi connectivity index (χ3n) is 3.26. The first kappa shape index (κ1) is 17.0. The van der Waals surface area contributed by atoms with Gasteiger partial charge in [-0.2, -0.15) is 0 Å². The van der Waals surface area contributed by atoms with E-state index < -0.39 is 11.9 Å². The van der Waals surface area contributed by atoms with Crippen LogP contribution in [0.15, 0.2) is 34.8 Å². The Hall–Kier alpha value is -2.41. The Bertz CT molecular complexity index is 723. The highest BCUT2D eigenvalue weighted by Gasteiger charge is 2.24. The van der Waals surface area contributed by atoms with Gasteiger partial charge in [-0.15, -0.1) is 0 Å². The zero-order chi connectivity index (χ0) is 17.0. The number of amides is 2. The molecule has 0 saturated carbocycles. The quantitative estimate of drug-likeness (QED) is 0.812. The van der Waals surface area contributed by atoms with Gasteiger partial charge in [0, 0.05) is 12.6 Å². The molecule has 0 saturated heterocycles. The van der Waals surface area contributed by atoms with Crippen molar-refractivity contribution in [3.05, 3.63) is 46.0 Å². The van der Waals surface area contributed by atoms with Crippen molar-refractivity contribution in [3.63, 3.8) is 0 Å². The molecule has 2 amide bonds. The van der Waals surface area contributed by atoms with Crippen LogP contribution in [0, 0.1) is 0 Å². The molecule has 0 bridgehead atoms. The van der Waals surface area contributed by atoms with Crippen molar-refractivity contribution in [1.29, 1.82) is 0 Å². The number of halogens is 1. The van der Waals surface area contributed by atoms with Crippen molar-refractivity contribution < 1.29 is 24.2 Å². The number of methoxy groups -OCH3 is 1. The van der Waals surface area contributed by atoms with Crippen LogP contribution in [-0.2, 0) is 9.59 Å². The van der Waals surface area contributed by atoms with Gasteiger partial charge in [-0.3, -0.25) is 14.5 Å². The first-order valence-electron chi connectivity index (χ1n) is 6.75. The number of aromatic carboxylic acids is 1. The molecular formula is C16H14BrNO5. The Morgan fingerprint density at radius 2 is 2.13 bits per heavy atom. The lowest BCUT2D eigenvalue weighted by atomic mass is 10.1. The first-order chi connectivity index (χ1) is 10.9. The van der Waals surface area contributed by atoms with E-state index in [4.69, 9.17) is 9.84 Å². The normalized spacial score (nSPS) is 14.8. The summed E-state index contributed by atoms with van der Waals surface area (Å²) < 4.78 is 5.34. The summed E-state index contributed by atoms with van der Waals surface area (Å²) in [6.07, 6.45) is 5.03. The molecule has 0 atom stereocenters. The lowest BCUT2D eigenvalue weighted by Gasteiger charge is -2.21. The minimum Gasteiger partial charge on any atom is -0.496 e. The smallest absolute Gasteiger partial charge is 0.339 e. The maximum absolute atomic E-state index is 12.1. The summed E-state index contributed by atoms with van der Waals surface area (Å²) in [5.41, 5.74) is 0.525. The highest BCUT2D eigenvalue weighted by molar-refractivity contribution is 9.12. The van der Waals surface area contributed by atoms with Crippen molar-refractivity contribution in [3.8, 4) is 5.75 Å². The highest BCUT2D eigenvalue weighted by Crippen LogP contribution is 2.21. The number of benzene rings is 1. The van der Waals surface area contributed by atoms with E-state index in [0.717, 1.165) is 4.90 Å². The number of imide groups is 1. The summed E-state index contributed by atoms with van der Waals surface area (Å²) in [5.74, 6) is -1.72. The third-order valence-corrected chi connectivity index (χ3v) is 3.93. The number of carboxylic acid groups (broad SMARTS) is 1. The molecule has 120 valence electrons. The minimum atomic E-state index is -1.12. The van der Waals surface area contributed by atoms with Crippen LogP contribution in [-0.4, -0.2) is 41.4 Å². The second-order valence-corrected chi connectivity index (χ2v) is 5.59. The summed E-state index contributed by atoms with van der Waals surface area (Å²) in [6, 6.07) is 4.54. The Morgan fingerprint density at radius 3 is 2.78 bits per heavy atom. The number of carbonyl (C=O) groups is 3. The van der Waals surface area contributed by atoms with Gasteiger partial charge >= 0.3 is 5.97 Å². The molecule has 2 rings (SSSR count). The number of carbonyl (C=O) groups excluding carboxylic acids is 2. The fraction of sp³-hybridized carbons (Fsp3) is 0.188. The molecule has 23 heavy (non-hydrogen) atoms. The Labute approximate surface area is 141 Å². The van der Waals surface area contributed by atoms with Gasteiger partial charge in [0.05, 0.1) is 11.6 Å². The Balaban J connectivity index is 2.18. The van der Waals surface area contributed by atoms with E-state index in [1.807, 2.05) is 0 Å². The fourth-order valence-corrected chi connectivity index (χ4v) is 2.55. The molecule has 1 aliphatic rings. The number of carboxylic acids is 1. The van der Waals surface area contributed by atoms with Gasteiger partial charge in [0.2, 0.25) is 0 Å². The van der Waals surface area contributed by atoms with Crippen LogP contribution in [0.1, 0.15) is 22.3 Å². The second-order valence-electron chi connectivity index (χ2n) is 4.73. The van der Waals surface area contributed by atoms with Crippen LogP contribution in [0.5, 0.6) is 5.75 Å². The zero-order valence-electron chi connectivity index (χ0n) is 12.3. The summed E-state index contributed by atoms with van der Waals surface area (Å²) in [5, 5.41) is 9.13. The summed E-state index contributed by atoms with van der Waals surface area (Å²) in [6.45, 7) is 0.320. The topological polar surface area (TPSA) is 83.9 Å². The van der Waals surface area contributed by atoms with E-state index >= 15 is 0 Å². The predicted molar refractivity (Wildman–Crippen MR) is 87.3 cm³/mol. The largest absolute Gasteiger partial charge is 0.496 e. The van der Waals surface area contributed by atoms with Gasteiger partial charge in [0.1, 0.15) is 11.3 Å². The van der Waals surface area contributed by atoms with Gasteiger partial charge in [0.25, 0.3) is 11.8 Å². The van der Waals surface area contributed by atoms with E-state index in [-0.39, 0.29) is 17.2 Å². The average Bonchev–Trinajstić information content (AvgIpc) is 2.54. The van der Waals surface area contributed by atoms with E-state index in [1.165, 1.54) is 31.4 Å². The summed E-state index contributed by atoms with van der Waals surface area (Å²) in [7, 11) is 1.38. The molecule has 0 aromatic heterocycles. The molecule has 1 N–H and O–H groups in total. The number of hydrogen-bond acceptors (Lipinski definition) is 4. The van der Waals surface area contributed by atoms with E-state index in [9.17, 15) is 14.4 Å². The Morgan fingerprint density at radius 1 is 1.39 bits per heavy atom. The molecule has 1 heterocycles. The van der Waals surface area contributed by atoms with Crippen LogP contribution < -0.4 is 4.74 Å². The molecule has 1 aromatic carbocycles. The maximum Gasteiger partial charge on any atom is 0.339 e. The van der Waals surface area contributed by atoms with Gasteiger partial charge < -0.3 is 9.84 Å².